The molecule has 1 unspecified atom stereocenters. The summed E-state index contributed by atoms with van der Waals surface area (Å²) >= 11 is 1.80. The molecule has 0 bridgehead atoms. The molecule has 1 aliphatic rings. The van der Waals surface area contributed by atoms with Gasteiger partial charge < -0.3 is 4.90 Å². The fourth-order valence-electron chi connectivity index (χ4n) is 2.05. The molecular weight excluding hydrogens is 206 g/mol. The lowest BCUT2D eigenvalue weighted by Gasteiger charge is -2.32. The quantitative estimate of drug-likeness (QED) is 0.668. The Kier molecular flexibility index (Phi) is 2.91. The average molecular weight is 221 g/mol. The van der Waals surface area contributed by atoms with Gasteiger partial charge in [0.15, 0.2) is 0 Å². The molecule has 2 rings (SSSR count). The maximum Gasteiger partial charge on any atom is 0.246 e. The van der Waals surface area contributed by atoms with Gasteiger partial charge in [0.05, 0.1) is 6.04 Å². The lowest BCUT2D eigenvalue weighted by Crippen LogP contribution is -2.37. The summed E-state index contributed by atoms with van der Waals surface area (Å²) in [4.78, 5) is 15.2. The van der Waals surface area contributed by atoms with Crippen molar-refractivity contribution in [3.8, 4) is 0 Å². The van der Waals surface area contributed by atoms with Crippen LogP contribution in [-0.4, -0.2) is 17.4 Å². The van der Waals surface area contributed by atoms with Crippen molar-refractivity contribution in [3.63, 3.8) is 0 Å². The van der Waals surface area contributed by atoms with Gasteiger partial charge in [-0.05, 0) is 43.4 Å². The number of rotatable bonds is 1. The predicted octanol–water partition coefficient (Wildman–Crippen LogP) is 2.77. The van der Waals surface area contributed by atoms with E-state index < -0.39 is 0 Å². The number of nitrogens with zero attached hydrogens (tertiary/aromatic N) is 1. The Morgan fingerprint density at radius 2 is 2.47 bits per heavy atom. The van der Waals surface area contributed by atoms with Gasteiger partial charge in [0.1, 0.15) is 0 Å². The number of hydrogen-bond donors (Lipinski definition) is 0. The topological polar surface area (TPSA) is 20.3 Å². The van der Waals surface area contributed by atoms with Crippen LogP contribution >= 0.6 is 11.3 Å². The molecule has 3 heteroatoms. The first-order valence-corrected chi connectivity index (χ1v) is 6.11. The van der Waals surface area contributed by atoms with Crippen LogP contribution in [0.5, 0.6) is 0 Å². The van der Waals surface area contributed by atoms with Gasteiger partial charge >= 0.3 is 0 Å². The summed E-state index contributed by atoms with van der Waals surface area (Å²) < 4.78 is 0. The summed E-state index contributed by atoms with van der Waals surface area (Å²) in [5.41, 5.74) is 1.32. The normalized spacial score (nSPS) is 20.7. The molecular formula is C12H15NOS. The maximum absolute atomic E-state index is 11.8. The van der Waals surface area contributed by atoms with Crippen LogP contribution in [0.3, 0.4) is 0 Å². The molecule has 1 atom stereocenters. The maximum atomic E-state index is 11.8. The van der Waals surface area contributed by atoms with E-state index in [1.807, 2.05) is 11.8 Å². The van der Waals surface area contributed by atoms with Crippen molar-refractivity contribution >= 4 is 17.2 Å². The molecule has 0 saturated heterocycles. The third-order valence-electron chi connectivity index (χ3n) is 2.87. The van der Waals surface area contributed by atoms with E-state index in [2.05, 4.69) is 18.4 Å². The van der Waals surface area contributed by atoms with Crippen molar-refractivity contribution in [1.82, 2.24) is 4.90 Å². The van der Waals surface area contributed by atoms with Gasteiger partial charge in [0.2, 0.25) is 5.91 Å². The second kappa shape index (κ2) is 4.19. The second-order valence-electron chi connectivity index (χ2n) is 3.76. The van der Waals surface area contributed by atoms with Crippen molar-refractivity contribution in [3.05, 3.63) is 34.0 Å². The fraction of sp³-hybridized carbons (Fsp3) is 0.417. The van der Waals surface area contributed by atoms with Gasteiger partial charge in [0, 0.05) is 11.4 Å². The molecule has 0 aromatic carbocycles. The first-order chi connectivity index (χ1) is 7.24. The Labute approximate surface area is 94.2 Å². The Balaban J connectivity index is 2.23. The molecule has 0 fully saturated rings. The third-order valence-corrected chi connectivity index (χ3v) is 3.87. The second-order valence-corrected chi connectivity index (χ2v) is 4.76. The predicted molar refractivity (Wildman–Crippen MR) is 63.0 cm³/mol. The fourth-order valence-corrected chi connectivity index (χ4v) is 3.01. The minimum absolute atomic E-state index is 0.127. The van der Waals surface area contributed by atoms with Crippen LogP contribution in [0.2, 0.25) is 0 Å². The highest BCUT2D eigenvalue weighted by molar-refractivity contribution is 7.10. The van der Waals surface area contributed by atoms with E-state index in [0.29, 0.717) is 0 Å². The molecule has 0 saturated carbocycles. The number of carbonyl (C=O) groups is 1. The number of amides is 1. The van der Waals surface area contributed by atoms with E-state index in [4.69, 9.17) is 0 Å². The van der Waals surface area contributed by atoms with Crippen LogP contribution in [0.15, 0.2) is 23.6 Å². The minimum atomic E-state index is 0.127. The number of fused-ring (bicyclic) bond motifs is 1. The Morgan fingerprint density at radius 3 is 3.20 bits per heavy atom. The summed E-state index contributed by atoms with van der Waals surface area (Å²) in [5.74, 6) is 0.127. The number of allylic oxidation sites excluding steroid dienone is 1. The standard InChI is InChI=1S/C12H15NOS/c1-3-4-12(14)13-7-5-11-10(9(13)2)6-8-15-11/h3-4,6,8-9H,5,7H2,1-2H3. The largest absolute Gasteiger partial charge is 0.332 e. The monoisotopic (exact) mass is 221 g/mol. The zero-order chi connectivity index (χ0) is 10.8. The van der Waals surface area contributed by atoms with Crippen LogP contribution in [0.1, 0.15) is 30.3 Å². The first kappa shape index (κ1) is 10.4. The van der Waals surface area contributed by atoms with Gasteiger partial charge in [0.25, 0.3) is 0 Å². The van der Waals surface area contributed by atoms with E-state index in [0.717, 1.165) is 13.0 Å². The smallest absolute Gasteiger partial charge is 0.246 e. The summed E-state index contributed by atoms with van der Waals surface area (Å²) in [5, 5.41) is 2.12. The minimum Gasteiger partial charge on any atom is -0.332 e. The van der Waals surface area contributed by atoms with Crippen LogP contribution in [0.25, 0.3) is 0 Å². The van der Waals surface area contributed by atoms with Gasteiger partial charge in [-0.25, -0.2) is 0 Å². The molecule has 1 amide bonds. The van der Waals surface area contributed by atoms with Crippen molar-refractivity contribution in [2.75, 3.05) is 6.54 Å². The highest BCUT2D eigenvalue weighted by Gasteiger charge is 2.26. The average Bonchev–Trinajstić information content (AvgIpc) is 2.67. The van der Waals surface area contributed by atoms with E-state index in [1.165, 1.54) is 10.4 Å². The van der Waals surface area contributed by atoms with Gasteiger partial charge in [-0.3, -0.25) is 4.79 Å². The molecule has 1 aromatic heterocycles. The van der Waals surface area contributed by atoms with Gasteiger partial charge in [-0.15, -0.1) is 11.3 Å². The van der Waals surface area contributed by atoms with Crippen molar-refractivity contribution in [2.45, 2.75) is 26.3 Å². The first-order valence-electron chi connectivity index (χ1n) is 5.23. The molecule has 0 aliphatic carbocycles. The Morgan fingerprint density at radius 1 is 1.67 bits per heavy atom. The summed E-state index contributed by atoms with van der Waals surface area (Å²) in [7, 11) is 0. The Hall–Kier alpha value is -1.09. The zero-order valence-corrected chi connectivity index (χ0v) is 9.88. The molecule has 0 N–H and O–H groups in total. The van der Waals surface area contributed by atoms with Crippen LogP contribution in [0.4, 0.5) is 0 Å². The van der Waals surface area contributed by atoms with E-state index in [-0.39, 0.29) is 11.9 Å². The van der Waals surface area contributed by atoms with Crippen molar-refractivity contribution in [2.24, 2.45) is 0 Å². The van der Waals surface area contributed by atoms with Crippen LogP contribution < -0.4 is 0 Å². The molecule has 15 heavy (non-hydrogen) atoms. The summed E-state index contributed by atoms with van der Waals surface area (Å²) in [6, 6.07) is 2.36. The van der Waals surface area contributed by atoms with Crippen LogP contribution in [0, 0.1) is 0 Å². The molecule has 1 aliphatic heterocycles. The van der Waals surface area contributed by atoms with Gasteiger partial charge in [-0.1, -0.05) is 6.08 Å². The third kappa shape index (κ3) is 1.84. The molecule has 1 aromatic rings. The highest BCUT2D eigenvalue weighted by Crippen LogP contribution is 2.32. The summed E-state index contributed by atoms with van der Waals surface area (Å²) in [6.07, 6.45) is 4.45. The van der Waals surface area contributed by atoms with Crippen LogP contribution in [-0.2, 0) is 11.2 Å². The molecule has 80 valence electrons. The lowest BCUT2D eigenvalue weighted by molar-refractivity contribution is -0.128. The molecule has 2 nitrogen and oxygen atoms in total. The van der Waals surface area contributed by atoms with Crippen molar-refractivity contribution in [1.29, 1.82) is 0 Å². The Bertz CT molecular complexity index is 394. The summed E-state index contributed by atoms with van der Waals surface area (Å²) in [6.45, 7) is 4.83. The number of carbonyl (C=O) groups excluding carboxylic acids is 1. The highest BCUT2D eigenvalue weighted by atomic mass is 32.1. The van der Waals surface area contributed by atoms with E-state index in [1.54, 1.807) is 23.5 Å². The number of thiophene rings is 1. The van der Waals surface area contributed by atoms with E-state index in [9.17, 15) is 4.79 Å². The SMILES string of the molecule is CC=CC(=O)N1CCc2sccc2C1C. The lowest BCUT2D eigenvalue weighted by atomic mass is 10.0. The van der Waals surface area contributed by atoms with E-state index >= 15 is 0 Å². The zero-order valence-electron chi connectivity index (χ0n) is 9.06. The van der Waals surface area contributed by atoms with Gasteiger partial charge in [-0.2, -0.15) is 0 Å². The number of hydrogen-bond acceptors (Lipinski definition) is 2. The molecule has 2 heterocycles. The molecule has 0 spiro atoms. The van der Waals surface area contributed by atoms with Crippen molar-refractivity contribution < 1.29 is 4.79 Å². The molecule has 0 radical (unpaired) electrons.